The first-order valence-electron chi connectivity index (χ1n) is 6.18. The highest BCUT2D eigenvalue weighted by molar-refractivity contribution is 9.10. The standard InChI is InChI=1S/C14H13BrFN3O2/c1-8-6-17-13(9(2)14(8)19(20)21)7-18-12-4-3-10(15)5-11(12)16/h3-6,18H,7H2,1-2H3. The molecule has 0 spiro atoms. The van der Waals surface area contributed by atoms with Crippen molar-refractivity contribution in [2.75, 3.05) is 5.32 Å². The van der Waals surface area contributed by atoms with Crippen molar-refractivity contribution in [2.45, 2.75) is 20.4 Å². The Bertz CT molecular complexity index is 707. The molecule has 1 N–H and O–H groups in total. The van der Waals surface area contributed by atoms with Crippen LogP contribution < -0.4 is 5.32 Å². The van der Waals surface area contributed by atoms with Gasteiger partial charge in [0.1, 0.15) is 5.82 Å². The van der Waals surface area contributed by atoms with Gasteiger partial charge in [0.05, 0.1) is 28.4 Å². The maximum Gasteiger partial charge on any atom is 0.278 e. The van der Waals surface area contributed by atoms with Gasteiger partial charge in [-0.05, 0) is 32.0 Å². The number of halogens is 2. The van der Waals surface area contributed by atoms with Crippen LogP contribution in [-0.4, -0.2) is 9.91 Å². The van der Waals surface area contributed by atoms with E-state index in [2.05, 4.69) is 26.2 Å². The van der Waals surface area contributed by atoms with Gasteiger partial charge in [-0.2, -0.15) is 0 Å². The predicted octanol–water partition coefficient (Wildman–Crippen LogP) is 4.12. The maximum absolute atomic E-state index is 13.7. The topological polar surface area (TPSA) is 68.1 Å². The summed E-state index contributed by atoms with van der Waals surface area (Å²) in [5, 5.41) is 14.0. The van der Waals surface area contributed by atoms with Crippen molar-refractivity contribution in [3.05, 3.63) is 61.6 Å². The van der Waals surface area contributed by atoms with Gasteiger partial charge in [-0.3, -0.25) is 15.1 Å². The Labute approximate surface area is 129 Å². The van der Waals surface area contributed by atoms with Gasteiger partial charge in [0, 0.05) is 16.2 Å². The Kier molecular flexibility index (Phi) is 4.52. The van der Waals surface area contributed by atoms with E-state index in [0.29, 0.717) is 27.0 Å². The van der Waals surface area contributed by atoms with E-state index in [4.69, 9.17) is 0 Å². The Morgan fingerprint density at radius 3 is 2.76 bits per heavy atom. The molecular weight excluding hydrogens is 341 g/mol. The quantitative estimate of drug-likeness (QED) is 0.663. The Morgan fingerprint density at radius 1 is 1.43 bits per heavy atom. The number of aryl methyl sites for hydroxylation is 1. The summed E-state index contributed by atoms with van der Waals surface area (Å²) < 4.78 is 14.3. The molecular formula is C14H13BrFN3O2. The smallest absolute Gasteiger partial charge is 0.278 e. The minimum atomic E-state index is -0.421. The van der Waals surface area contributed by atoms with E-state index in [1.807, 2.05) is 0 Å². The molecule has 0 unspecified atom stereocenters. The molecule has 1 aromatic heterocycles. The molecule has 2 rings (SSSR count). The van der Waals surface area contributed by atoms with Crippen LogP contribution in [0.15, 0.2) is 28.9 Å². The Balaban J connectivity index is 2.24. The highest BCUT2D eigenvalue weighted by Crippen LogP contribution is 2.25. The van der Waals surface area contributed by atoms with Crippen molar-refractivity contribution in [1.29, 1.82) is 0 Å². The molecule has 0 aliphatic heterocycles. The summed E-state index contributed by atoms with van der Waals surface area (Å²) in [6.07, 6.45) is 1.46. The average molecular weight is 354 g/mol. The lowest BCUT2D eigenvalue weighted by atomic mass is 10.1. The summed E-state index contributed by atoms with van der Waals surface area (Å²) in [4.78, 5) is 14.8. The molecule has 0 saturated heterocycles. The molecule has 0 aliphatic carbocycles. The molecule has 0 saturated carbocycles. The van der Waals surface area contributed by atoms with Crippen molar-refractivity contribution in [2.24, 2.45) is 0 Å². The van der Waals surface area contributed by atoms with Crippen LogP contribution in [0.5, 0.6) is 0 Å². The second kappa shape index (κ2) is 6.17. The average Bonchev–Trinajstić information content (AvgIpc) is 2.39. The lowest BCUT2D eigenvalue weighted by Gasteiger charge is -2.10. The highest BCUT2D eigenvalue weighted by atomic mass is 79.9. The van der Waals surface area contributed by atoms with E-state index in [1.54, 1.807) is 26.0 Å². The van der Waals surface area contributed by atoms with Gasteiger partial charge in [0.15, 0.2) is 0 Å². The lowest BCUT2D eigenvalue weighted by Crippen LogP contribution is -2.08. The molecule has 0 bridgehead atoms. The van der Waals surface area contributed by atoms with Crippen LogP contribution in [-0.2, 0) is 6.54 Å². The van der Waals surface area contributed by atoms with E-state index < -0.39 is 10.7 Å². The van der Waals surface area contributed by atoms with Gasteiger partial charge in [-0.15, -0.1) is 0 Å². The molecule has 0 radical (unpaired) electrons. The van der Waals surface area contributed by atoms with Crippen LogP contribution in [0.3, 0.4) is 0 Å². The lowest BCUT2D eigenvalue weighted by molar-refractivity contribution is -0.386. The number of nitrogens with zero attached hydrogens (tertiary/aromatic N) is 2. The largest absolute Gasteiger partial charge is 0.377 e. The molecule has 1 aromatic carbocycles. The highest BCUT2D eigenvalue weighted by Gasteiger charge is 2.18. The fourth-order valence-electron chi connectivity index (χ4n) is 2.04. The van der Waals surface area contributed by atoms with Gasteiger partial charge < -0.3 is 5.32 Å². The van der Waals surface area contributed by atoms with E-state index in [9.17, 15) is 14.5 Å². The summed E-state index contributed by atoms with van der Waals surface area (Å²) in [5.41, 5.74) is 1.90. The molecule has 1 heterocycles. The first-order chi connectivity index (χ1) is 9.90. The summed E-state index contributed by atoms with van der Waals surface area (Å²) in [7, 11) is 0. The van der Waals surface area contributed by atoms with Crippen molar-refractivity contribution in [3.63, 3.8) is 0 Å². The van der Waals surface area contributed by atoms with Gasteiger partial charge in [-0.1, -0.05) is 15.9 Å². The number of nitro groups is 1. The van der Waals surface area contributed by atoms with E-state index in [-0.39, 0.29) is 12.2 Å². The van der Waals surface area contributed by atoms with Crippen molar-refractivity contribution in [1.82, 2.24) is 4.98 Å². The molecule has 110 valence electrons. The molecule has 2 aromatic rings. The number of nitrogens with one attached hydrogen (secondary N) is 1. The SMILES string of the molecule is Cc1cnc(CNc2ccc(Br)cc2F)c(C)c1[N+](=O)[O-]. The summed E-state index contributed by atoms with van der Waals surface area (Å²) in [6, 6.07) is 4.65. The normalized spacial score (nSPS) is 10.5. The zero-order valence-electron chi connectivity index (χ0n) is 11.5. The van der Waals surface area contributed by atoms with E-state index >= 15 is 0 Å². The molecule has 21 heavy (non-hydrogen) atoms. The molecule has 0 fully saturated rings. The number of aromatic nitrogens is 1. The van der Waals surface area contributed by atoms with Crippen LogP contribution >= 0.6 is 15.9 Å². The van der Waals surface area contributed by atoms with Crippen LogP contribution in [0.1, 0.15) is 16.8 Å². The number of pyridine rings is 1. The number of hydrogen-bond acceptors (Lipinski definition) is 4. The Hall–Kier alpha value is -2.02. The molecule has 0 aliphatic rings. The predicted molar refractivity (Wildman–Crippen MR) is 81.8 cm³/mol. The minimum Gasteiger partial charge on any atom is -0.377 e. The van der Waals surface area contributed by atoms with Crippen molar-refractivity contribution >= 4 is 27.3 Å². The van der Waals surface area contributed by atoms with Crippen molar-refractivity contribution < 1.29 is 9.31 Å². The molecule has 0 amide bonds. The molecule has 5 nitrogen and oxygen atoms in total. The third kappa shape index (κ3) is 3.36. The number of hydrogen-bond donors (Lipinski definition) is 1. The van der Waals surface area contributed by atoms with Gasteiger partial charge in [0.25, 0.3) is 5.69 Å². The van der Waals surface area contributed by atoms with Gasteiger partial charge in [0.2, 0.25) is 0 Å². The first-order valence-corrected chi connectivity index (χ1v) is 6.98. The van der Waals surface area contributed by atoms with Gasteiger partial charge >= 0.3 is 0 Å². The van der Waals surface area contributed by atoms with E-state index in [1.165, 1.54) is 12.3 Å². The third-order valence-electron chi connectivity index (χ3n) is 3.14. The molecule has 0 atom stereocenters. The zero-order chi connectivity index (χ0) is 15.6. The van der Waals surface area contributed by atoms with Crippen LogP contribution in [0, 0.1) is 29.8 Å². The van der Waals surface area contributed by atoms with Gasteiger partial charge in [-0.25, -0.2) is 4.39 Å². The zero-order valence-corrected chi connectivity index (χ0v) is 13.1. The summed E-state index contributed by atoms with van der Waals surface area (Å²) in [6.45, 7) is 3.50. The second-order valence-corrected chi connectivity index (χ2v) is 5.51. The summed E-state index contributed by atoms with van der Waals surface area (Å²) >= 11 is 3.18. The number of anilines is 1. The second-order valence-electron chi connectivity index (χ2n) is 4.60. The fourth-order valence-corrected chi connectivity index (χ4v) is 2.37. The summed E-state index contributed by atoms with van der Waals surface area (Å²) in [5.74, 6) is -0.399. The fraction of sp³-hybridized carbons (Fsp3) is 0.214. The third-order valence-corrected chi connectivity index (χ3v) is 3.63. The monoisotopic (exact) mass is 353 g/mol. The van der Waals surface area contributed by atoms with Crippen LogP contribution in [0.2, 0.25) is 0 Å². The Morgan fingerprint density at radius 2 is 2.14 bits per heavy atom. The minimum absolute atomic E-state index is 0.0538. The van der Waals surface area contributed by atoms with Crippen molar-refractivity contribution in [3.8, 4) is 0 Å². The maximum atomic E-state index is 13.7. The van der Waals surface area contributed by atoms with E-state index in [0.717, 1.165) is 0 Å². The number of benzene rings is 1. The first kappa shape index (κ1) is 15.4. The van der Waals surface area contributed by atoms with Crippen LogP contribution in [0.4, 0.5) is 15.8 Å². The number of rotatable bonds is 4. The van der Waals surface area contributed by atoms with Crippen LogP contribution in [0.25, 0.3) is 0 Å². The molecule has 7 heteroatoms.